The summed E-state index contributed by atoms with van der Waals surface area (Å²) in [6.45, 7) is 0. The predicted molar refractivity (Wildman–Crippen MR) is 73.6 cm³/mol. The standard InChI is InChI=1S/C13H11BrN2O3/c14-10-4-3-9(11(16-7-17)6-12(18)19)13-8(10)2-1-5-15-13/h1-5,7,11H,6H2,(H,16,17)(H,18,19)/t11-/m0/s1. The largest absolute Gasteiger partial charge is 0.481 e. The Hall–Kier alpha value is -1.95. The van der Waals surface area contributed by atoms with Gasteiger partial charge in [0.2, 0.25) is 6.41 Å². The number of amides is 1. The molecule has 0 aliphatic heterocycles. The van der Waals surface area contributed by atoms with Gasteiger partial charge in [-0.15, -0.1) is 0 Å². The lowest BCUT2D eigenvalue weighted by molar-refractivity contribution is -0.137. The summed E-state index contributed by atoms with van der Waals surface area (Å²) in [6.07, 6.45) is 1.95. The van der Waals surface area contributed by atoms with Gasteiger partial charge in [0.25, 0.3) is 0 Å². The summed E-state index contributed by atoms with van der Waals surface area (Å²) in [5, 5.41) is 12.3. The molecule has 0 saturated carbocycles. The lowest BCUT2D eigenvalue weighted by atomic mass is 10.0. The lowest BCUT2D eigenvalue weighted by Crippen LogP contribution is -2.22. The van der Waals surface area contributed by atoms with Gasteiger partial charge in [-0.25, -0.2) is 0 Å². The molecular weight excluding hydrogens is 312 g/mol. The third-order valence-corrected chi connectivity index (χ3v) is 3.46. The number of rotatable bonds is 5. The van der Waals surface area contributed by atoms with Gasteiger partial charge in [0.05, 0.1) is 18.0 Å². The van der Waals surface area contributed by atoms with Crippen molar-refractivity contribution < 1.29 is 14.7 Å². The monoisotopic (exact) mass is 322 g/mol. The molecule has 0 fully saturated rings. The minimum absolute atomic E-state index is 0.188. The van der Waals surface area contributed by atoms with Gasteiger partial charge in [-0.3, -0.25) is 14.6 Å². The zero-order valence-corrected chi connectivity index (χ0v) is 11.4. The van der Waals surface area contributed by atoms with E-state index in [1.165, 1.54) is 0 Å². The average Bonchev–Trinajstić information content (AvgIpc) is 2.39. The van der Waals surface area contributed by atoms with Crippen molar-refractivity contribution in [2.75, 3.05) is 0 Å². The number of aliphatic carboxylic acids is 1. The average molecular weight is 323 g/mol. The Morgan fingerprint density at radius 1 is 1.47 bits per heavy atom. The lowest BCUT2D eigenvalue weighted by Gasteiger charge is -2.16. The van der Waals surface area contributed by atoms with Crippen molar-refractivity contribution in [1.82, 2.24) is 10.3 Å². The fraction of sp³-hybridized carbons (Fsp3) is 0.154. The summed E-state index contributed by atoms with van der Waals surface area (Å²) in [7, 11) is 0. The molecule has 0 aliphatic carbocycles. The van der Waals surface area contributed by atoms with Crippen LogP contribution in [0.15, 0.2) is 34.9 Å². The van der Waals surface area contributed by atoms with Crippen LogP contribution in [0.4, 0.5) is 0 Å². The SMILES string of the molecule is O=CN[C@@H](CC(=O)O)c1ccc(Br)c2cccnc12. The summed E-state index contributed by atoms with van der Waals surface area (Å²) in [6, 6.07) is 6.68. The van der Waals surface area contributed by atoms with Crippen LogP contribution in [0.5, 0.6) is 0 Å². The van der Waals surface area contributed by atoms with Crippen molar-refractivity contribution in [1.29, 1.82) is 0 Å². The predicted octanol–water partition coefficient (Wildman–Crippen LogP) is 2.26. The third-order valence-electron chi connectivity index (χ3n) is 2.77. The Morgan fingerprint density at radius 3 is 2.95 bits per heavy atom. The highest BCUT2D eigenvalue weighted by Crippen LogP contribution is 2.29. The van der Waals surface area contributed by atoms with Gasteiger partial charge in [0.1, 0.15) is 0 Å². The zero-order valence-electron chi connectivity index (χ0n) is 9.84. The molecule has 1 aromatic heterocycles. The Kier molecular flexibility index (Phi) is 4.11. The highest BCUT2D eigenvalue weighted by Gasteiger charge is 2.18. The molecule has 1 heterocycles. The molecular formula is C13H11BrN2O3. The molecule has 2 N–H and O–H groups in total. The normalized spacial score (nSPS) is 12.1. The Balaban J connectivity index is 2.56. The van der Waals surface area contributed by atoms with Crippen LogP contribution in [0.3, 0.4) is 0 Å². The minimum Gasteiger partial charge on any atom is -0.481 e. The molecule has 1 aromatic carbocycles. The number of carboxylic acids is 1. The zero-order chi connectivity index (χ0) is 13.8. The van der Waals surface area contributed by atoms with Gasteiger partial charge in [-0.1, -0.05) is 28.1 Å². The smallest absolute Gasteiger partial charge is 0.305 e. The number of nitrogens with one attached hydrogen (secondary N) is 1. The summed E-state index contributed by atoms with van der Waals surface area (Å²) in [4.78, 5) is 25.8. The first kappa shape index (κ1) is 13.5. The van der Waals surface area contributed by atoms with E-state index in [0.717, 1.165) is 9.86 Å². The molecule has 2 rings (SSSR count). The first-order valence-corrected chi connectivity index (χ1v) is 6.37. The summed E-state index contributed by atoms with van der Waals surface area (Å²) < 4.78 is 0.875. The van der Waals surface area contributed by atoms with E-state index in [0.29, 0.717) is 17.5 Å². The van der Waals surface area contributed by atoms with E-state index in [9.17, 15) is 9.59 Å². The molecule has 6 heteroatoms. The minimum atomic E-state index is -0.980. The second-order valence-corrected chi connectivity index (χ2v) is 4.83. The molecule has 1 atom stereocenters. The fourth-order valence-corrected chi connectivity index (χ4v) is 2.41. The number of aromatic nitrogens is 1. The highest BCUT2D eigenvalue weighted by atomic mass is 79.9. The second kappa shape index (κ2) is 5.79. The molecule has 0 spiro atoms. The molecule has 2 aromatic rings. The van der Waals surface area contributed by atoms with Crippen molar-refractivity contribution >= 4 is 39.2 Å². The molecule has 1 amide bonds. The molecule has 0 radical (unpaired) electrons. The van der Waals surface area contributed by atoms with Gasteiger partial charge in [-0.2, -0.15) is 0 Å². The molecule has 0 saturated heterocycles. The first-order chi connectivity index (χ1) is 9.13. The molecule has 0 bridgehead atoms. The number of carbonyl (C=O) groups is 2. The quantitative estimate of drug-likeness (QED) is 0.827. The molecule has 5 nitrogen and oxygen atoms in total. The van der Waals surface area contributed by atoms with Crippen LogP contribution < -0.4 is 5.32 Å². The van der Waals surface area contributed by atoms with Gasteiger partial charge in [0.15, 0.2) is 0 Å². The number of hydrogen-bond acceptors (Lipinski definition) is 3. The van der Waals surface area contributed by atoms with Crippen molar-refractivity contribution in [3.05, 3.63) is 40.5 Å². The second-order valence-electron chi connectivity index (χ2n) is 3.97. The van der Waals surface area contributed by atoms with Crippen LogP contribution in [0.2, 0.25) is 0 Å². The number of pyridine rings is 1. The van der Waals surface area contributed by atoms with E-state index in [1.807, 2.05) is 12.1 Å². The molecule has 19 heavy (non-hydrogen) atoms. The van der Waals surface area contributed by atoms with E-state index in [1.54, 1.807) is 18.3 Å². The third kappa shape index (κ3) is 2.90. The maximum absolute atomic E-state index is 10.9. The summed E-state index contributed by atoms with van der Waals surface area (Å²) >= 11 is 3.42. The van der Waals surface area contributed by atoms with Crippen LogP contribution in [0.25, 0.3) is 10.9 Å². The van der Waals surface area contributed by atoms with Gasteiger partial charge < -0.3 is 10.4 Å². The van der Waals surface area contributed by atoms with Crippen molar-refractivity contribution in [2.24, 2.45) is 0 Å². The van der Waals surface area contributed by atoms with E-state index < -0.39 is 12.0 Å². The number of benzene rings is 1. The van der Waals surface area contributed by atoms with Crippen LogP contribution in [-0.2, 0) is 9.59 Å². The summed E-state index contributed by atoms with van der Waals surface area (Å²) in [5.41, 5.74) is 1.37. The molecule has 0 unspecified atom stereocenters. The Morgan fingerprint density at radius 2 is 2.26 bits per heavy atom. The van der Waals surface area contributed by atoms with Gasteiger partial charge in [0, 0.05) is 21.6 Å². The highest BCUT2D eigenvalue weighted by molar-refractivity contribution is 9.10. The van der Waals surface area contributed by atoms with E-state index in [2.05, 4.69) is 26.2 Å². The first-order valence-electron chi connectivity index (χ1n) is 5.58. The van der Waals surface area contributed by atoms with Crippen LogP contribution in [0, 0.1) is 0 Å². The maximum Gasteiger partial charge on any atom is 0.305 e. The van der Waals surface area contributed by atoms with Crippen molar-refractivity contribution in [3.63, 3.8) is 0 Å². The number of halogens is 1. The Bertz CT molecular complexity index is 630. The maximum atomic E-state index is 10.9. The van der Waals surface area contributed by atoms with E-state index >= 15 is 0 Å². The number of carboxylic acid groups (broad SMARTS) is 1. The number of carbonyl (C=O) groups excluding carboxylic acids is 1. The summed E-state index contributed by atoms with van der Waals surface area (Å²) in [5.74, 6) is -0.980. The van der Waals surface area contributed by atoms with Gasteiger partial charge >= 0.3 is 5.97 Å². The van der Waals surface area contributed by atoms with Crippen molar-refractivity contribution in [2.45, 2.75) is 12.5 Å². The Labute approximate surface area is 117 Å². The molecule has 0 aliphatic rings. The van der Waals surface area contributed by atoms with E-state index in [-0.39, 0.29) is 6.42 Å². The number of fused-ring (bicyclic) bond motifs is 1. The number of hydrogen-bond donors (Lipinski definition) is 2. The topological polar surface area (TPSA) is 79.3 Å². The van der Waals surface area contributed by atoms with Crippen molar-refractivity contribution in [3.8, 4) is 0 Å². The van der Waals surface area contributed by atoms with Crippen LogP contribution in [0.1, 0.15) is 18.0 Å². The van der Waals surface area contributed by atoms with Gasteiger partial charge in [-0.05, 0) is 12.1 Å². The van der Waals surface area contributed by atoms with Crippen LogP contribution >= 0.6 is 15.9 Å². The number of nitrogens with zero attached hydrogens (tertiary/aromatic N) is 1. The molecule has 98 valence electrons. The van der Waals surface area contributed by atoms with Crippen LogP contribution in [-0.4, -0.2) is 22.5 Å². The fourth-order valence-electron chi connectivity index (χ4n) is 1.96. The van der Waals surface area contributed by atoms with E-state index in [4.69, 9.17) is 5.11 Å².